The summed E-state index contributed by atoms with van der Waals surface area (Å²) in [7, 11) is 0. The minimum Gasteiger partial charge on any atom is -0.368 e. The summed E-state index contributed by atoms with van der Waals surface area (Å²) >= 11 is 0. The van der Waals surface area contributed by atoms with Gasteiger partial charge < -0.3 is 14.2 Å². The highest BCUT2D eigenvalue weighted by Crippen LogP contribution is 2.47. The van der Waals surface area contributed by atoms with E-state index >= 15 is 0 Å². The molecule has 0 amide bonds. The molecule has 0 saturated carbocycles. The fraction of sp³-hybridized carbons (Fsp3) is 0.381. The zero-order chi connectivity index (χ0) is 17.3. The topological polar surface area (TPSA) is 44.8 Å². The van der Waals surface area contributed by atoms with Gasteiger partial charge in [0.05, 0.1) is 19.3 Å². The normalized spacial score (nSPS) is 28.0. The smallest absolute Gasteiger partial charge is 0.223 e. The Kier molecular flexibility index (Phi) is 4.42. The number of carbonyl (C=O) groups is 1. The molecule has 0 bridgehead atoms. The predicted octanol–water partition coefficient (Wildman–Crippen LogP) is 3.97. The van der Waals surface area contributed by atoms with Crippen molar-refractivity contribution in [2.45, 2.75) is 51.0 Å². The first-order valence-corrected chi connectivity index (χ1v) is 8.77. The van der Waals surface area contributed by atoms with Gasteiger partial charge in [0.2, 0.25) is 5.79 Å². The van der Waals surface area contributed by atoms with Crippen LogP contribution in [0.1, 0.15) is 46.8 Å². The average Bonchev–Trinajstić information content (AvgIpc) is 3.00. The molecule has 0 N–H and O–H groups in total. The molecule has 2 aromatic rings. The molecular weight excluding hydrogens is 316 g/mol. The largest absolute Gasteiger partial charge is 0.368 e. The fourth-order valence-corrected chi connectivity index (χ4v) is 3.72. The minimum absolute atomic E-state index is 0.0856. The predicted molar refractivity (Wildman–Crippen MR) is 93.1 cm³/mol. The highest BCUT2D eigenvalue weighted by molar-refractivity contribution is 5.75. The van der Waals surface area contributed by atoms with Crippen molar-refractivity contribution in [1.82, 2.24) is 0 Å². The Labute approximate surface area is 147 Å². The first-order valence-electron chi connectivity index (χ1n) is 8.77. The summed E-state index contributed by atoms with van der Waals surface area (Å²) in [5.41, 5.74) is 3.75. The molecule has 3 unspecified atom stereocenters. The van der Waals surface area contributed by atoms with Crippen LogP contribution in [0.5, 0.6) is 0 Å². The van der Waals surface area contributed by atoms with E-state index in [0.29, 0.717) is 18.8 Å². The molecule has 0 aliphatic carbocycles. The molecule has 130 valence electrons. The number of carbonyl (C=O) groups excluding carboxylic acids is 1. The van der Waals surface area contributed by atoms with Crippen molar-refractivity contribution >= 4 is 6.29 Å². The molecule has 4 rings (SSSR count). The van der Waals surface area contributed by atoms with Gasteiger partial charge in [-0.1, -0.05) is 42.5 Å². The van der Waals surface area contributed by atoms with Crippen LogP contribution >= 0.6 is 0 Å². The van der Waals surface area contributed by atoms with Gasteiger partial charge in [0.25, 0.3) is 0 Å². The number of fused-ring (bicyclic) bond motifs is 2. The minimum atomic E-state index is -0.916. The number of benzene rings is 2. The van der Waals surface area contributed by atoms with Gasteiger partial charge in [0.1, 0.15) is 12.4 Å². The first-order chi connectivity index (χ1) is 12.2. The zero-order valence-electron chi connectivity index (χ0n) is 14.3. The molecule has 4 heteroatoms. The molecule has 4 nitrogen and oxygen atoms in total. The second kappa shape index (κ2) is 6.71. The van der Waals surface area contributed by atoms with Gasteiger partial charge in [-0.05, 0) is 37.0 Å². The second-order valence-electron chi connectivity index (χ2n) is 6.78. The van der Waals surface area contributed by atoms with Gasteiger partial charge in [0, 0.05) is 11.1 Å². The van der Waals surface area contributed by atoms with Crippen molar-refractivity contribution in [2.75, 3.05) is 0 Å². The van der Waals surface area contributed by atoms with E-state index in [-0.39, 0.29) is 12.2 Å². The molecule has 2 heterocycles. The van der Waals surface area contributed by atoms with Gasteiger partial charge in [-0.15, -0.1) is 0 Å². The molecule has 0 aromatic heterocycles. The molecular formula is C21H22O4. The van der Waals surface area contributed by atoms with Crippen molar-refractivity contribution in [3.63, 3.8) is 0 Å². The summed E-state index contributed by atoms with van der Waals surface area (Å²) < 4.78 is 18.7. The first kappa shape index (κ1) is 16.5. The number of rotatable bonds is 4. The Balaban J connectivity index is 1.64. The molecule has 1 saturated heterocycles. The van der Waals surface area contributed by atoms with Crippen LogP contribution in [0.15, 0.2) is 48.5 Å². The van der Waals surface area contributed by atoms with Crippen molar-refractivity contribution < 1.29 is 19.0 Å². The van der Waals surface area contributed by atoms with Crippen molar-refractivity contribution in [3.8, 4) is 0 Å². The highest BCUT2D eigenvalue weighted by Gasteiger charge is 2.52. The van der Waals surface area contributed by atoms with Crippen LogP contribution in [0.2, 0.25) is 0 Å². The maximum Gasteiger partial charge on any atom is 0.223 e. The van der Waals surface area contributed by atoms with E-state index in [2.05, 4.69) is 6.92 Å². The van der Waals surface area contributed by atoms with Crippen LogP contribution in [0.25, 0.3) is 0 Å². The van der Waals surface area contributed by atoms with Crippen LogP contribution in [0.4, 0.5) is 0 Å². The van der Waals surface area contributed by atoms with Gasteiger partial charge in [-0.2, -0.15) is 0 Å². The van der Waals surface area contributed by atoms with E-state index in [1.165, 1.54) is 0 Å². The lowest BCUT2D eigenvalue weighted by atomic mass is 9.90. The van der Waals surface area contributed by atoms with Gasteiger partial charge in [-0.25, -0.2) is 0 Å². The third-order valence-corrected chi connectivity index (χ3v) is 5.02. The van der Waals surface area contributed by atoms with Crippen LogP contribution in [-0.4, -0.2) is 18.5 Å². The lowest BCUT2D eigenvalue weighted by Crippen LogP contribution is -2.49. The molecule has 0 radical (unpaired) electrons. The van der Waals surface area contributed by atoms with Crippen LogP contribution in [0, 0.1) is 0 Å². The molecule has 25 heavy (non-hydrogen) atoms. The van der Waals surface area contributed by atoms with Gasteiger partial charge in [-0.3, -0.25) is 4.79 Å². The SMILES string of the molecule is CC1CCC(OCc2ccccc2)C2(OCc3ccc(C=O)cc32)O1. The van der Waals surface area contributed by atoms with Crippen LogP contribution in [-0.2, 0) is 33.2 Å². The third kappa shape index (κ3) is 3.01. The Bertz CT molecular complexity index is 758. The zero-order valence-corrected chi connectivity index (χ0v) is 14.3. The summed E-state index contributed by atoms with van der Waals surface area (Å²) in [6, 6.07) is 15.8. The molecule has 2 aliphatic rings. The number of aldehydes is 1. The van der Waals surface area contributed by atoms with Crippen molar-refractivity contribution in [2.24, 2.45) is 0 Å². The quantitative estimate of drug-likeness (QED) is 0.792. The summed E-state index contributed by atoms with van der Waals surface area (Å²) in [5.74, 6) is -0.916. The third-order valence-electron chi connectivity index (χ3n) is 5.02. The number of hydrogen-bond acceptors (Lipinski definition) is 4. The second-order valence-corrected chi connectivity index (χ2v) is 6.78. The van der Waals surface area contributed by atoms with E-state index < -0.39 is 5.79 Å². The Morgan fingerprint density at radius 1 is 1.20 bits per heavy atom. The highest BCUT2D eigenvalue weighted by atomic mass is 16.7. The van der Waals surface area contributed by atoms with Crippen LogP contribution < -0.4 is 0 Å². The van der Waals surface area contributed by atoms with Crippen molar-refractivity contribution in [1.29, 1.82) is 0 Å². The maximum atomic E-state index is 11.2. The fourth-order valence-electron chi connectivity index (χ4n) is 3.72. The number of ether oxygens (including phenoxy) is 3. The van der Waals surface area contributed by atoms with E-state index in [0.717, 1.165) is 35.8 Å². The summed E-state index contributed by atoms with van der Waals surface area (Å²) in [6.45, 7) is 3.05. The molecule has 3 atom stereocenters. The Morgan fingerprint density at radius 2 is 2.04 bits per heavy atom. The molecule has 2 aliphatic heterocycles. The number of hydrogen-bond donors (Lipinski definition) is 0. The maximum absolute atomic E-state index is 11.2. The monoisotopic (exact) mass is 338 g/mol. The molecule has 1 spiro atoms. The summed E-state index contributed by atoms with van der Waals surface area (Å²) in [4.78, 5) is 11.2. The lowest BCUT2D eigenvalue weighted by molar-refractivity contribution is -0.332. The summed E-state index contributed by atoms with van der Waals surface area (Å²) in [6.07, 6.45) is 2.53. The average molecular weight is 338 g/mol. The Morgan fingerprint density at radius 3 is 2.84 bits per heavy atom. The molecule has 1 fully saturated rings. The summed E-state index contributed by atoms with van der Waals surface area (Å²) in [5, 5.41) is 0. The lowest BCUT2D eigenvalue weighted by Gasteiger charge is -2.43. The van der Waals surface area contributed by atoms with Crippen LogP contribution in [0.3, 0.4) is 0 Å². The van der Waals surface area contributed by atoms with E-state index in [1.54, 1.807) is 0 Å². The van der Waals surface area contributed by atoms with Crippen molar-refractivity contribution in [3.05, 3.63) is 70.8 Å². The standard InChI is InChI=1S/C21H22O4/c1-15-7-10-20(23-13-16-5-3-2-4-6-16)21(25-15)19-11-17(12-22)8-9-18(19)14-24-21/h2-6,8-9,11-12,15,20H,7,10,13-14H2,1H3. The van der Waals surface area contributed by atoms with E-state index in [1.807, 2.05) is 48.5 Å². The van der Waals surface area contributed by atoms with E-state index in [4.69, 9.17) is 14.2 Å². The van der Waals surface area contributed by atoms with E-state index in [9.17, 15) is 4.79 Å². The van der Waals surface area contributed by atoms with Gasteiger partial charge >= 0.3 is 0 Å². The van der Waals surface area contributed by atoms with Gasteiger partial charge in [0.15, 0.2) is 0 Å². The molecule has 2 aromatic carbocycles. The Hall–Kier alpha value is -2.01.